The molecule has 1 aromatic carbocycles. The minimum absolute atomic E-state index is 0.000888. The van der Waals surface area contributed by atoms with Gasteiger partial charge < -0.3 is 5.32 Å². The van der Waals surface area contributed by atoms with Gasteiger partial charge in [-0.3, -0.25) is 9.59 Å². The molecule has 8 heteroatoms. The van der Waals surface area contributed by atoms with E-state index in [9.17, 15) is 9.59 Å². The van der Waals surface area contributed by atoms with Crippen molar-refractivity contribution in [2.24, 2.45) is 5.10 Å². The summed E-state index contributed by atoms with van der Waals surface area (Å²) in [5, 5.41) is 6.97. The molecule has 0 aromatic heterocycles. The molecule has 0 aliphatic carbocycles. The highest BCUT2D eigenvalue weighted by atomic mass is 32.2. The molecule has 116 valence electrons. The first-order valence-electron chi connectivity index (χ1n) is 6.62. The fraction of sp³-hybridized carbons (Fsp3) is 0.357. The third kappa shape index (κ3) is 2.33. The molecule has 1 atom stereocenters. The molecule has 2 heterocycles. The van der Waals surface area contributed by atoms with Crippen molar-refractivity contribution in [2.75, 3.05) is 17.8 Å². The van der Waals surface area contributed by atoms with Crippen molar-refractivity contribution < 1.29 is 9.59 Å². The maximum atomic E-state index is 12.4. The number of nitrogens with one attached hydrogen (secondary N) is 2. The van der Waals surface area contributed by atoms with Gasteiger partial charge in [-0.05, 0) is 37.1 Å². The maximum absolute atomic E-state index is 12.4. The van der Waals surface area contributed by atoms with Crippen LogP contribution >= 0.6 is 35.3 Å². The number of rotatable bonds is 3. The van der Waals surface area contributed by atoms with Crippen LogP contribution in [0.5, 0.6) is 0 Å². The lowest BCUT2D eigenvalue weighted by atomic mass is 10.0. The number of carbonyl (C=O) groups is 2. The van der Waals surface area contributed by atoms with Gasteiger partial charge in [-0.2, -0.15) is 5.10 Å². The topological polar surface area (TPSA) is 70.6 Å². The van der Waals surface area contributed by atoms with E-state index in [0.29, 0.717) is 0 Å². The monoisotopic (exact) mass is 353 g/mol. The second-order valence-corrected chi connectivity index (χ2v) is 8.51. The second-order valence-electron chi connectivity index (χ2n) is 4.90. The number of thioether (sulfide) groups is 3. The highest BCUT2D eigenvalue weighted by Gasteiger charge is 2.46. The summed E-state index contributed by atoms with van der Waals surface area (Å²) in [5.41, 5.74) is 6.07. The normalized spacial score (nSPS) is 22.7. The first-order chi connectivity index (χ1) is 10.5. The molecule has 0 fully saturated rings. The lowest BCUT2D eigenvalue weighted by Crippen LogP contribution is -2.30. The van der Waals surface area contributed by atoms with Gasteiger partial charge in [0.2, 0.25) is 0 Å². The molecule has 2 amide bonds. The van der Waals surface area contributed by atoms with Gasteiger partial charge in [0.25, 0.3) is 11.1 Å². The number of anilines is 1. The lowest BCUT2D eigenvalue weighted by molar-refractivity contribution is -0.116. The highest BCUT2D eigenvalue weighted by molar-refractivity contribution is 8.18. The van der Waals surface area contributed by atoms with Gasteiger partial charge in [-0.1, -0.05) is 17.8 Å². The Bertz CT molecular complexity index is 686. The van der Waals surface area contributed by atoms with Crippen LogP contribution in [0, 0.1) is 0 Å². The SMILES string of the molecule is CSC1(SC)C(=O)Nc2ccc(C3=NNC(=O)SC3C)cc21. The molecule has 1 aromatic rings. The van der Waals surface area contributed by atoms with Crippen molar-refractivity contribution in [3.63, 3.8) is 0 Å². The third-order valence-corrected chi connectivity index (χ3v) is 7.57. The van der Waals surface area contributed by atoms with Gasteiger partial charge in [0, 0.05) is 11.3 Å². The van der Waals surface area contributed by atoms with Gasteiger partial charge in [0.15, 0.2) is 4.08 Å². The number of nitrogens with zero attached hydrogens (tertiary/aromatic N) is 1. The average molecular weight is 353 g/mol. The largest absolute Gasteiger partial charge is 0.323 e. The predicted molar refractivity (Wildman–Crippen MR) is 95.9 cm³/mol. The number of fused-ring (bicyclic) bond motifs is 1. The number of amides is 2. The molecule has 0 bridgehead atoms. The van der Waals surface area contributed by atoms with Gasteiger partial charge in [-0.15, -0.1) is 23.5 Å². The molecule has 3 rings (SSSR count). The fourth-order valence-corrected chi connectivity index (χ4v) is 5.28. The van der Waals surface area contributed by atoms with E-state index in [4.69, 9.17) is 0 Å². The summed E-state index contributed by atoms with van der Waals surface area (Å²) in [4.78, 5) is 23.7. The molecule has 0 spiro atoms. The Morgan fingerprint density at radius 2 is 2.00 bits per heavy atom. The zero-order valence-corrected chi connectivity index (χ0v) is 14.7. The van der Waals surface area contributed by atoms with Crippen molar-refractivity contribution in [2.45, 2.75) is 16.3 Å². The number of hydrogen-bond donors (Lipinski definition) is 2. The number of hydrogen-bond acceptors (Lipinski definition) is 6. The summed E-state index contributed by atoms with van der Waals surface area (Å²) in [6, 6.07) is 5.85. The standard InChI is InChI=1S/C14H15N3O2S3/c1-7-11(16-17-13(19)22-7)8-4-5-10-9(6-8)14(20-2,21-3)12(18)15-10/h4-7H,1-3H3,(H,15,18)(H,17,19). The molecule has 22 heavy (non-hydrogen) atoms. The highest BCUT2D eigenvalue weighted by Crippen LogP contribution is 2.51. The Balaban J connectivity index is 2.07. The Morgan fingerprint density at radius 1 is 1.27 bits per heavy atom. The molecule has 0 saturated heterocycles. The summed E-state index contributed by atoms with van der Waals surface area (Å²) in [5.74, 6) is 0.000888. The molecule has 5 nitrogen and oxygen atoms in total. The minimum atomic E-state index is -0.625. The van der Waals surface area contributed by atoms with Crippen LogP contribution in [0.3, 0.4) is 0 Å². The van der Waals surface area contributed by atoms with Crippen molar-refractivity contribution in [1.82, 2.24) is 5.43 Å². The fourth-order valence-electron chi connectivity index (χ4n) is 2.64. The third-order valence-electron chi connectivity index (χ3n) is 3.73. The van der Waals surface area contributed by atoms with Crippen LogP contribution in [0.2, 0.25) is 0 Å². The summed E-state index contributed by atoms with van der Waals surface area (Å²) in [7, 11) is 0. The number of carbonyl (C=O) groups excluding carboxylic acids is 2. The van der Waals surface area contributed by atoms with E-state index in [-0.39, 0.29) is 16.4 Å². The molecule has 1 unspecified atom stereocenters. The van der Waals surface area contributed by atoms with Crippen molar-refractivity contribution in [1.29, 1.82) is 0 Å². The molecule has 0 radical (unpaired) electrons. The Hall–Kier alpha value is -1.12. The van der Waals surface area contributed by atoms with Crippen LogP contribution in [0.4, 0.5) is 10.5 Å². The van der Waals surface area contributed by atoms with E-state index in [1.165, 1.54) is 35.3 Å². The van der Waals surface area contributed by atoms with Crippen LogP contribution in [-0.4, -0.2) is 34.6 Å². The predicted octanol–water partition coefficient (Wildman–Crippen LogP) is 3.07. The minimum Gasteiger partial charge on any atom is -0.323 e. The average Bonchev–Trinajstić information content (AvgIpc) is 2.78. The van der Waals surface area contributed by atoms with E-state index in [1.807, 2.05) is 37.6 Å². The van der Waals surface area contributed by atoms with Gasteiger partial charge in [0.05, 0.1) is 11.0 Å². The van der Waals surface area contributed by atoms with Crippen molar-refractivity contribution in [3.8, 4) is 0 Å². The Kier molecular flexibility index (Phi) is 4.17. The Labute approximate surface area is 141 Å². The van der Waals surface area contributed by atoms with Gasteiger partial charge in [-0.25, -0.2) is 5.43 Å². The first kappa shape index (κ1) is 15.8. The van der Waals surface area contributed by atoms with E-state index in [0.717, 1.165) is 22.5 Å². The summed E-state index contributed by atoms with van der Waals surface area (Å²) in [6.07, 6.45) is 3.88. The van der Waals surface area contributed by atoms with E-state index in [1.54, 1.807) is 0 Å². The second kappa shape index (κ2) is 5.82. The first-order valence-corrected chi connectivity index (χ1v) is 9.95. The van der Waals surface area contributed by atoms with Crippen LogP contribution in [0.1, 0.15) is 18.1 Å². The van der Waals surface area contributed by atoms with E-state index < -0.39 is 4.08 Å². The smallest absolute Gasteiger partial charge is 0.299 e. The quantitative estimate of drug-likeness (QED) is 0.817. The molecular formula is C14H15N3O2S3. The van der Waals surface area contributed by atoms with E-state index in [2.05, 4.69) is 15.8 Å². The van der Waals surface area contributed by atoms with Gasteiger partial charge in [0.1, 0.15) is 0 Å². The molecule has 2 aliphatic heterocycles. The summed E-state index contributed by atoms with van der Waals surface area (Å²) >= 11 is 4.26. The van der Waals surface area contributed by atoms with Crippen LogP contribution in [0.25, 0.3) is 0 Å². The molecular weight excluding hydrogens is 338 g/mol. The van der Waals surface area contributed by atoms with Crippen LogP contribution < -0.4 is 10.7 Å². The van der Waals surface area contributed by atoms with Crippen LogP contribution in [0.15, 0.2) is 23.3 Å². The number of benzene rings is 1. The van der Waals surface area contributed by atoms with Crippen molar-refractivity contribution in [3.05, 3.63) is 29.3 Å². The Morgan fingerprint density at radius 3 is 2.64 bits per heavy atom. The lowest BCUT2D eigenvalue weighted by Gasteiger charge is -2.24. The summed E-state index contributed by atoms with van der Waals surface area (Å²) in [6.45, 7) is 1.95. The maximum Gasteiger partial charge on any atom is 0.299 e. The zero-order valence-electron chi connectivity index (χ0n) is 12.3. The van der Waals surface area contributed by atoms with Crippen molar-refractivity contribution >= 4 is 57.8 Å². The molecule has 2 N–H and O–H groups in total. The summed E-state index contributed by atoms with van der Waals surface area (Å²) < 4.78 is -0.625. The van der Waals surface area contributed by atoms with Crippen LogP contribution in [-0.2, 0) is 8.87 Å². The van der Waals surface area contributed by atoms with E-state index >= 15 is 0 Å². The molecule has 0 saturated carbocycles. The number of hydrazone groups is 1. The molecule has 2 aliphatic rings. The zero-order chi connectivity index (χ0) is 15.9. The van der Waals surface area contributed by atoms with Gasteiger partial charge >= 0.3 is 0 Å².